The van der Waals surface area contributed by atoms with Crippen LogP contribution >= 0.6 is 11.3 Å². The Morgan fingerprint density at radius 2 is 2.26 bits per heavy atom. The van der Waals surface area contributed by atoms with Crippen LogP contribution in [0.3, 0.4) is 0 Å². The fourth-order valence-corrected chi connectivity index (χ4v) is 2.47. The Morgan fingerprint density at radius 3 is 2.74 bits per heavy atom. The van der Waals surface area contributed by atoms with Crippen LogP contribution in [0.25, 0.3) is 0 Å². The summed E-state index contributed by atoms with van der Waals surface area (Å²) in [4.78, 5) is 23.8. The standard InChI is InChI=1S/C13H18N2O3S/c1-3-6-10(12(16)17)15-13(18)14-9(4-2)11-7-5-8-19-11/h3,5,7-10H,1,4,6H2,2H3,(H,16,17)(H2,14,15,18). The van der Waals surface area contributed by atoms with Crippen LogP contribution in [-0.2, 0) is 4.79 Å². The summed E-state index contributed by atoms with van der Waals surface area (Å²) in [5.41, 5.74) is 0. The maximum absolute atomic E-state index is 11.8. The number of thiophene rings is 1. The van der Waals surface area contributed by atoms with Gasteiger partial charge in [0.15, 0.2) is 0 Å². The van der Waals surface area contributed by atoms with E-state index in [2.05, 4.69) is 17.2 Å². The number of hydrogen-bond acceptors (Lipinski definition) is 3. The number of amides is 2. The van der Waals surface area contributed by atoms with Crippen LogP contribution in [0, 0.1) is 0 Å². The quantitative estimate of drug-likeness (QED) is 0.672. The third-order valence-electron chi connectivity index (χ3n) is 2.61. The lowest BCUT2D eigenvalue weighted by Crippen LogP contribution is -2.46. The molecule has 1 rings (SSSR count). The number of hydrogen-bond donors (Lipinski definition) is 3. The number of carbonyl (C=O) groups is 2. The Kier molecular flexibility index (Phi) is 6.08. The van der Waals surface area contributed by atoms with Gasteiger partial charge in [0.25, 0.3) is 0 Å². The van der Waals surface area contributed by atoms with Gasteiger partial charge in [-0.15, -0.1) is 17.9 Å². The van der Waals surface area contributed by atoms with E-state index in [9.17, 15) is 9.59 Å². The van der Waals surface area contributed by atoms with Crippen molar-refractivity contribution < 1.29 is 14.7 Å². The van der Waals surface area contributed by atoms with Gasteiger partial charge in [-0.3, -0.25) is 0 Å². The van der Waals surface area contributed by atoms with Crippen molar-refractivity contribution in [1.29, 1.82) is 0 Å². The first-order chi connectivity index (χ1) is 9.08. The maximum atomic E-state index is 11.8. The lowest BCUT2D eigenvalue weighted by atomic mass is 10.2. The van der Waals surface area contributed by atoms with E-state index in [0.717, 1.165) is 11.3 Å². The number of rotatable bonds is 7. The summed E-state index contributed by atoms with van der Waals surface area (Å²) in [7, 11) is 0. The van der Waals surface area contributed by atoms with Crippen molar-refractivity contribution in [2.75, 3.05) is 0 Å². The Labute approximate surface area is 116 Å². The van der Waals surface area contributed by atoms with Crippen LogP contribution in [0.5, 0.6) is 0 Å². The average Bonchev–Trinajstić information content (AvgIpc) is 2.89. The van der Waals surface area contributed by atoms with Gasteiger partial charge < -0.3 is 15.7 Å². The van der Waals surface area contributed by atoms with Crippen molar-refractivity contribution in [2.45, 2.75) is 31.8 Å². The smallest absolute Gasteiger partial charge is 0.326 e. The molecule has 1 heterocycles. The summed E-state index contributed by atoms with van der Waals surface area (Å²) in [5.74, 6) is -1.07. The van der Waals surface area contributed by atoms with Crippen molar-refractivity contribution >= 4 is 23.3 Å². The minimum absolute atomic E-state index is 0.0989. The van der Waals surface area contributed by atoms with Gasteiger partial charge in [0, 0.05) is 4.88 Å². The Balaban J connectivity index is 2.57. The first-order valence-electron chi connectivity index (χ1n) is 6.02. The fourth-order valence-electron chi connectivity index (χ4n) is 1.61. The molecule has 2 unspecified atom stereocenters. The predicted molar refractivity (Wildman–Crippen MR) is 75.3 cm³/mol. The van der Waals surface area contributed by atoms with Crippen molar-refractivity contribution in [3.05, 3.63) is 35.0 Å². The van der Waals surface area contributed by atoms with Crippen molar-refractivity contribution in [3.63, 3.8) is 0 Å². The van der Waals surface area contributed by atoms with E-state index in [0.29, 0.717) is 0 Å². The maximum Gasteiger partial charge on any atom is 0.326 e. The first-order valence-corrected chi connectivity index (χ1v) is 6.90. The van der Waals surface area contributed by atoms with Crippen molar-refractivity contribution in [2.24, 2.45) is 0 Å². The third-order valence-corrected chi connectivity index (χ3v) is 3.59. The Morgan fingerprint density at radius 1 is 1.53 bits per heavy atom. The van der Waals surface area contributed by atoms with Gasteiger partial charge >= 0.3 is 12.0 Å². The summed E-state index contributed by atoms with van der Waals surface area (Å²) >= 11 is 1.56. The molecule has 2 amide bonds. The first kappa shape index (κ1) is 15.2. The van der Waals surface area contributed by atoms with Crippen molar-refractivity contribution in [1.82, 2.24) is 10.6 Å². The Hall–Kier alpha value is -1.82. The molecule has 0 aliphatic carbocycles. The van der Waals surface area contributed by atoms with Gasteiger partial charge in [0.2, 0.25) is 0 Å². The van der Waals surface area contributed by atoms with Crippen LogP contribution in [0.1, 0.15) is 30.7 Å². The molecule has 0 saturated heterocycles. The average molecular weight is 282 g/mol. The van der Waals surface area contributed by atoms with Crippen LogP contribution in [-0.4, -0.2) is 23.1 Å². The van der Waals surface area contributed by atoms with Crippen LogP contribution in [0.15, 0.2) is 30.2 Å². The van der Waals surface area contributed by atoms with E-state index in [-0.39, 0.29) is 12.5 Å². The zero-order valence-corrected chi connectivity index (χ0v) is 11.6. The largest absolute Gasteiger partial charge is 0.480 e. The van der Waals surface area contributed by atoms with Gasteiger partial charge in [-0.1, -0.05) is 19.1 Å². The SMILES string of the molecule is C=CCC(NC(=O)NC(CC)c1cccs1)C(=O)O. The number of aliphatic carboxylic acids is 1. The molecule has 1 aromatic rings. The van der Waals surface area contributed by atoms with Crippen LogP contribution in [0.2, 0.25) is 0 Å². The highest BCUT2D eigenvalue weighted by Crippen LogP contribution is 2.21. The molecule has 0 radical (unpaired) electrons. The molecule has 104 valence electrons. The topological polar surface area (TPSA) is 78.4 Å². The molecule has 6 heteroatoms. The molecular weight excluding hydrogens is 264 g/mol. The number of carboxylic acids is 1. The molecule has 2 atom stereocenters. The highest BCUT2D eigenvalue weighted by molar-refractivity contribution is 7.10. The zero-order valence-electron chi connectivity index (χ0n) is 10.8. The lowest BCUT2D eigenvalue weighted by molar-refractivity contribution is -0.139. The van der Waals surface area contributed by atoms with E-state index >= 15 is 0 Å². The van der Waals surface area contributed by atoms with Crippen LogP contribution in [0.4, 0.5) is 4.79 Å². The highest BCUT2D eigenvalue weighted by Gasteiger charge is 2.20. The van der Waals surface area contributed by atoms with Gasteiger partial charge in [0.05, 0.1) is 6.04 Å². The molecule has 0 spiro atoms. The second-order valence-electron chi connectivity index (χ2n) is 4.01. The van der Waals surface area contributed by atoms with Crippen molar-refractivity contribution in [3.8, 4) is 0 Å². The van der Waals surface area contributed by atoms with Gasteiger partial charge in [-0.05, 0) is 24.3 Å². The molecule has 3 N–H and O–H groups in total. The predicted octanol–water partition coefficient (Wildman–Crippen LogP) is 2.53. The summed E-state index contributed by atoms with van der Waals surface area (Å²) < 4.78 is 0. The minimum atomic E-state index is -1.07. The molecule has 19 heavy (non-hydrogen) atoms. The summed E-state index contributed by atoms with van der Waals surface area (Å²) in [5, 5.41) is 16.1. The van der Waals surface area contributed by atoms with Crippen LogP contribution < -0.4 is 10.6 Å². The summed E-state index contributed by atoms with van der Waals surface area (Å²) in [6.07, 6.45) is 2.40. The number of carbonyl (C=O) groups excluding carboxylic acids is 1. The second kappa shape index (κ2) is 7.58. The van der Waals surface area contributed by atoms with Gasteiger partial charge in [-0.25, -0.2) is 9.59 Å². The second-order valence-corrected chi connectivity index (χ2v) is 4.99. The van der Waals surface area contributed by atoms with E-state index in [1.807, 2.05) is 24.4 Å². The molecule has 1 aromatic heterocycles. The van der Waals surface area contributed by atoms with E-state index in [4.69, 9.17) is 5.11 Å². The molecule has 5 nitrogen and oxygen atoms in total. The molecule has 0 aromatic carbocycles. The molecule has 0 fully saturated rings. The van der Waals surface area contributed by atoms with E-state index < -0.39 is 18.0 Å². The molecular formula is C13H18N2O3S. The molecule has 0 bridgehead atoms. The zero-order chi connectivity index (χ0) is 14.3. The number of urea groups is 1. The third kappa shape index (κ3) is 4.75. The normalized spacial score (nSPS) is 13.3. The lowest BCUT2D eigenvalue weighted by Gasteiger charge is -2.18. The number of carboxylic acid groups (broad SMARTS) is 1. The van der Waals surface area contributed by atoms with Gasteiger partial charge in [-0.2, -0.15) is 0 Å². The minimum Gasteiger partial charge on any atom is -0.480 e. The molecule has 0 aliphatic rings. The molecule has 0 saturated carbocycles. The summed E-state index contributed by atoms with van der Waals surface area (Å²) in [6.45, 7) is 5.44. The fraction of sp³-hybridized carbons (Fsp3) is 0.385. The van der Waals surface area contributed by atoms with E-state index in [1.165, 1.54) is 6.08 Å². The Bertz CT molecular complexity index is 431. The van der Waals surface area contributed by atoms with E-state index in [1.54, 1.807) is 11.3 Å². The highest BCUT2D eigenvalue weighted by atomic mass is 32.1. The number of nitrogens with one attached hydrogen (secondary N) is 2. The summed E-state index contributed by atoms with van der Waals surface area (Å²) in [6, 6.07) is 2.34. The monoisotopic (exact) mass is 282 g/mol. The van der Waals surface area contributed by atoms with Gasteiger partial charge in [0.1, 0.15) is 6.04 Å². The molecule has 0 aliphatic heterocycles.